The first-order valence-corrected chi connectivity index (χ1v) is 16.8. The van der Waals surface area contributed by atoms with Gasteiger partial charge < -0.3 is 42.8 Å². The molecule has 1 aliphatic heterocycles. The van der Waals surface area contributed by atoms with Crippen molar-refractivity contribution in [3.05, 3.63) is 71.8 Å². The van der Waals surface area contributed by atoms with Crippen molar-refractivity contribution >= 4 is 44.4 Å². The van der Waals surface area contributed by atoms with Crippen LogP contribution in [-0.2, 0) is 84.0 Å². The van der Waals surface area contributed by atoms with Crippen LogP contribution < -0.4 is 5.32 Å². The van der Waals surface area contributed by atoms with E-state index in [-0.39, 0.29) is 13.2 Å². The Hall–Kier alpha value is -4.47. The van der Waals surface area contributed by atoms with Crippen molar-refractivity contribution in [3.8, 4) is 0 Å². The van der Waals surface area contributed by atoms with Crippen LogP contribution in [0.3, 0.4) is 0 Å². The van der Waals surface area contributed by atoms with Gasteiger partial charge in [-0.1, -0.05) is 60.7 Å². The van der Waals surface area contributed by atoms with Gasteiger partial charge in [-0.2, -0.15) is 0 Å². The van der Waals surface area contributed by atoms with Crippen molar-refractivity contribution in [2.45, 2.75) is 90.5 Å². The molecule has 2 aromatic rings. The van der Waals surface area contributed by atoms with Gasteiger partial charge >= 0.3 is 38.4 Å². The third-order valence-corrected chi connectivity index (χ3v) is 8.20. The number of benzene rings is 2. The van der Waals surface area contributed by atoms with Crippen LogP contribution in [0.1, 0.15) is 52.2 Å². The molecule has 0 unspecified atom stereocenters. The highest BCUT2D eigenvalue weighted by Crippen LogP contribution is 2.50. The van der Waals surface area contributed by atoms with Crippen molar-refractivity contribution < 1.29 is 70.8 Å². The molecule has 1 amide bonds. The molecular formula is C34H42NO15P. The van der Waals surface area contributed by atoms with Crippen LogP contribution in [0.25, 0.3) is 0 Å². The summed E-state index contributed by atoms with van der Waals surface area (Å²) >= 11 is 0. The van der Waals surface area contributed by atoms with Crippen LogP contribution in [-0.4, -0.2) is 85.7 Å². The van der Waals surface area contributed by atoms with E-state index in [9.17, 15) is 28.8 Å². The highest BCUT2D eigenvalue weighted by atomic mass is 31.2. The van der Waals surface area contributed by atoms with E-state index in [0.717, 1.165) is 52.9 Å². The summed E-state index contributed by atoms with van der Waals surface area (Å²) < 4.78 is 51.6. The molecule has 2 aromatic carbocycles. The maximum atomic E-state index is 13.8. The number of amides is 1. The lowest BCUT2D eigenvalue weighted by atomic mass is 9.88. The van der Waals surface area contributed by atoms with Crippen LogP contribution in [0.2, 0.25) is 0 Å². The molecule has 1 N–H and O–H groups in total. The summed E-state index contributed by atoms with van der Waals surface area (Å²) in [6, 6.07) is 16.7. The molecule has 17 heteroatoms. The molecule has 3 rings (SSSR count). The van der Waals surface area contributed by atoms with Gasteiger partial charge in [0.2, 0.25) is 5.91 Å². The van der Waals surface area contributed by atoms with Gasteiger partial charge in [-0.3, -0.25) is 28.5 Å². The predicted molar refractivity (Wildman–Crippen MR) is 176 cm³/mol. The van der Waals surface area contributed by atoms with Gasteiger partial charge in [0.25, 0.3) is 5.79 Å². The number of carbonyl (C=O) groups is 6. The average molecular weight is 736 g/mol. The minimum Gasteiger partial charge on any atom is -0.465 e. The van der Waals surface area contributed by atoms with Gasteiger partial charge in [-0.05, 0) is 11.1 Å². The monoisotopic (exact) mass is 735 g/mol. The SMILES string of the molecule is COC(=O)[C@]1(OP(OCc2ccccc2)OCc2ccccc2)C[C@H](OC(C)=O)[C@@H](NC(C)=O)[C@H]([C@@H](OC(C)=O)[C@@H](COC(C)=O)OC(C)=O)O1. The Bertz CT molecular complexity index is 1450. The molecule has 1 heterocycles. The lowest BCUT2D eigenvalue weighted by Gasteiger charge is -2.48. The quantitative estimate of drug-likeness (QED) is 0.141. The zero-order valence-corrected chi connectivity index (χ0v) is 30.0. The summed E-state index contributed by atoms with van der Waals surface area (Å²) in [5, 5.41) is 2.61. The first kappa shape index (κ1) is 41.0. The Balaban J connectivity index is 2.17. The highest BCUT2D eigenvalue weighted by Gasteiger charge is 2.60. The Morgan fingerprint density at radius 1 is 0.804 bits per heavy atom. The first-order chi connectivity index (χ1) is 24.2. The standard InChI is InChI=1S/C34H42NO15P/c1-21(36)35-30-28(46-23(3)38)17-34(33(41)42-6,49-32(30)31(48-25(5)40)29(47-24(4)39)20-43-22(2)37)50-51(44-18-26-13-9-7-10-14-26)45-19-27-15-11-8-12-16-27/h7-16,28-32H,17-20H2,1-6H3,(H,35,36)/t28-,29+,30+,31-,32+,34+/m0/s1. The number of nitrogens with one attached hydrogen (secondary N) is 1. The van der Waals surface area contributed by atoms with Crippen molar-refractivity contribution in [2.75, 3.05) is 13.7 Å². The minimum atomic E-state index is -2.52. The van der Waals surface area contributed by atoms with Gasteiger partial charge in [0.05, 0.1) is 32.8 Å². The third-order valence-electron chi connectivity index (χ3n) is 7.08. The molecule has 0 aliphatic carbocycles. The number of rotatable bonds is 17. The Morgan fingerprint density at radius 2 is 1.35 bits per heavy atom. The zero-order chi connectivity index (χ0) is 37.6. The van der Waals surface area contributed by atoms with Gasteiger partial charge in [0.15, 0.2) is 12.2 Å². The molecule has 1 aliphatic rings. The molecular weight excluding hydrogens is 693 g/mol. The minimum absolute atomic E-state index is 0.0309. The summed E-state index contributed by atoms with van der Waals surface area (Å²) in [4.78, 5) is 75.4. The number of methoxy groups -OCH3 is 1. The van der Waals surface area contributed by atoms with Crippen LogP contribution in [0, 0.1) is 0 Å². The van der Waals surface area contributed by atoms with Gasteiger partial charge in [-0.15, -0.1) is 0 Å². The van der Waals surface area contributed by atoms with E-state index in [1.807, 2.05) is 12.1 Å². The topological polar surface area (TPSA) is 198 Å². The fourth-order valence-electron chi connectivity index (χ4n) is 5.11. The van der Waals surface area contributed by atoms with E-state index >= 15 is 0 Å². The van der Waals surface area contributed by atoms with E-state index in [4.69, 9.17) is 42.0 Å². The fraction of sp³-hybridized carbons (Fsp3) is 0.471. The zero-order valence-electron chi connectivity index (χ0n) is 29.1. The second kappa shape index (κ2) is 19.8. The summed E-state index contributed by atoms with van der Waals surface area (Å²) in [5.41, 5.74) is 1.47. The molecule has 1 saturated heterocycles. The number of hydrogen-bond donors (Lipinski definition) is 1. The fourth-order valence-corrected chi connectivity index (χ4v) is 6.23. The van der Waals surface area contributed by atoms with Gasteiger partial charge in [0.1, 0.15) is 18.8 Å². The van der Waals surface area contributed by atoms with Crippen molar-refractivity contribution in [1.82, 2.24) is 5.32 Å². The van der Waals surface area contributed by atoms with E-state index in [1.54, 1.807) is 48.5 Å². The van der Waals surface area contributed by atoms with Crippen LogP contribution >= 0.6 is 8.60 Å². The number of hydrogen-bond acceptors (Lipinski definition) is 15. The Morgan fingerprint density at radius 3 is 1.80 bits per heavy atom. The molecule has 0 spiro atoms. The van der Waals surface area contributed by atoms with Crippen LogP contribution in [0.4, 0.5) is 0 Å². The molecule has 0 saturated carbocycles. The Labute approximate surface area is 296 Å². The van der Waals surface area contributed by atoms with Crippen molar-refractivity contribution in [1.29, 1.82) is 0 Å². The maximum absolute atomic E-state index is 13.8. The van der Waals surface area contributed by atoms with Crippen LogP contribution in [0.15, 0.2) is 60.7 Å². The molecule has 278 valence electrons. The predicted octanol–water partition coefficient (Wildman–Crippen LogP) is 3.18. The lowest BCUT2D eigenvalue weighted by molar-refractivity contribution is -0.292. The second-order valence-corrected chi connectivity index (χ2v) is 12.4. The lowest BCUT2D eigenvalue weighted by Crippen LogP contribution is -2.69. The molecule has 0 aromatic heterocycles. The molecule has 6 atom stereocenters. The molecule has 1 fully saturated rings. The van der Waals surface area contributed by atoms with Crippen molar-refractivity contribution in [3.63, 3.8) is 0 Å². The number of carbonyl (C=O) groups excluding carboxylic acids is 6. The maximum Gasteiger partial charge on any atom is 0.367 e. The van der Waals surface area contributed by atoms with E-state index in [2.05, 4.69) is 5.32 Å². The first-order valence-electron chi connectivity index (χ1n) is 15.7. The summed E-state index contributed by atoms with van der Waals surface area (Å²) in [6.45, 7) is 4.76. The number of ether oxygens (including phenoxy) is 6. The third kappa shape index (κ3) is 13.0. The van der Waals surface area contributed by atoms with Crippen molar-refractivity contribution in [2.24, 2.45) is 0 Å². The molecule has 16 nitrogen and oxygen atoms in total. The van der Waals surface area contributed by atoms with E-state index in [0.29, 0.717) is 0 Å². The summed E-state index contributed by atoms with van der Waals surface area (Å²) in [6.07, 6.45) is -6.98. The number of esters is 5. The molecule has 0 radical (unpaired) electrons. The highest BCUT2D eigenvalue weighted by molar-refractivity contribution is 7.41. The van der Waals surface area contributed by atoms with Crippen LogP contribution in [0.5, 0.6) is 0 Å². The smallest absolute Gasteiger partial charge is 0.367 e. The van der Waals surface area contributed by atoms with E-state index in [1.165, 1.54) is 0 Å². The average Bonchev–Trinajstić information content (AvgIpc) is 3.07. The largest absolute Gasteiger partial charge is 0.465 e. The van der Waals surface area contributed by atoms with Gasteiger partial charge in [0, 0.05) is 34.6 Å². The summed E-state index contributed by atoms with van der Waals surface area (Å²) in [7, 11) is -1.45. The Kier molecular flexibility index (Phi) is 15.9. The molecule has 51 heavy (non-hydrogen) atoms. The van der Waals surface area contributed by atoms with E-state index < -0.39 is 93.6 Å². The van der Waals surface area contributed by atoms with Gasteiger partial charge in [-0.25, -0.2) is 4.79 Å². The summed E-state index contributed by atoms with van der Waals surface area (Å²) in [5.74, 6) is -7.66. The normalized spacial score (nSPS) is 21.0. The molecule has 0 bridgehead atoms. The second-order valence-electron chi connectivity index (χ2n) is 11.3.